The second-order valence-corrected chi connectivity index (χ2v) is 4.69. The van der Waals surface area contributed by atoms with E-state index in [4.69, 9.17) is 9.84 Å². The highest BCUT2D eigenvalue weighted by atomic mass is 16.5. The van der Waals surface area contributed by atoms with E-state index >= 15 is 0 Å². The molecule has 0 radical (unpaired) electrons. The van der Waals surface area contributed by atoms with Crippen molar-refractivity contribution in [3.05, 3.63) is 59.7 Å². The first-order valence-electron chi connectivity index (χ1n) is 6.28. The lowest BCUT2D eigenvalue weighted by atomic mass is 10.1. The Morgan fingerprint density at radius 2 is 1.90 bits per heavy atom. The van der Waals surface area contributed by atoms with E-state index in [-0.39, 0.29) is 5.56 Å². The van der Waals surface area contributed by atoms with Gasteiger partial charge in [0.15, 0.2) is 0 Å². The number of aromatic carboxylic acids is 1. The number of hydrogen-bond acceptors (Lipinski definition) is 3. The van der Waals surface area contributed by atoms with E-state index in [1.54, 1.807) is 18.2 Å². The summed E-state index contributed by atoms with van der Waals surface area (Å²) < 4.78 is 5.70. The quantitative estimate of drug-likeness (QED) is 0.908. The summed E-state index contributed by atoms with van der Waals surface area (Å²) in [5, 5.41) is 8.95. The van der Waals surface area contributed by atoms with Crippen LogP contribution in [0.2, 0.25) is 0 Å². The Balaban J connectivity index is 2.07. The second-order valence-electron chi connectivity index (χ2n) is 4.69. The molecule has 104 valence electrons. The molecule has 0 unspecified atom stereocenters. The zero-order chi connectivity index (χ0) is 14.5. The van der Waals surface area contributed by atoms with Crippen molar-refractivity contribution < 1.29 is 14.6 Å². The van der Waals surface area contributed by atoms with Crippen LogP contribution in [0.15, 0.2) is 48.5 Å². The van der Waals surface area contributed by atoms with Crippen molar-refractivity contribution >= 4 is 11.7 Å². The molecular weight excluding hydrogens is 254 g/mol. The molecule has 0 atom stereocenters. The summed E-state index contributed by atoms with van der Waals surface area (Å²) in [6, 6.07) is 14.5. The van der Waals surface area contributed by atoms with Crippen LogP contribution in [0, 0.1) is 0 Å². The standard InChI is InChI=1S/C16H17NO3/c1-17(2)14-7-4-8-15(10-14)20-11-12-5-3-6-13(9-12)16(18)19/h3-10H,11H2,1-2H3,(H,18,19). The summed E-state index contributed by atoms with van der Waals surface area (Å²) in [4.78, 5) is 12.9. The summed E-state index contributed by atoms with van der Waals surface area (Å²) in [7, 11) is 3.94. The Morgan fingerprint density at radius 1 is 1.15 bits per heavy atom. The van der Waals surface area contributed by atoms with Crippen molar-refractivity contribution in [2.45, 2.75) is 6.61 Å². The third kappa shape index (κ3) is 3.51. The van der Waals surface area contributed by atoms with E-state index in [1.165, 1.54) is 0 Å². The number of rotatable bonds is 5. The molecule has 0 spiro atoms. The molecule has 0 aliphatic carbocycles. The molecule has 2 aromatic carbocycles. The van der Waals surface area contributed by atoms with E-state index in [1.807, 2.05) is 49.3 Å². The highest BCUT2D eigenvalue weighted by Crippen LogP contribution is 2.20. The smallest absolute Gasteiger partial charge is 0.335 e. The number of hydrogen-bond donors (Lipinski definition) is 1. The number of carbonyl (C=O) groups is 1. The van der Waals surface area contributed by atoms with Crippen LogP contribution in [0.4, 0.5) is 5.69 Å². The molecule has 0 aliphatic heterocycles. The van der Waals surface area contributed by atoms with Gasteiger partial charge >= 0.3 is 5.97 Å². The molecule has 0 saturated carbocycles. The van der Waals surface area contributed by atoms with Gasteiger partial charge < -0.3 is 14.7 Å². The van der Waals surface area contributed by atoms with E-state index in [0.717, 1.165) is 17.0 Å². The number of benzene rings is 2. The van der Waals surface area contributed by atoms with E-state index in [2.05, 4.69) is 0 Å². The zero-order valence-corrected chi connectivity index (χ0v) is 11.5. The van der Waals surface area contributed by atoms with E-state index < -0.39 is 5.97 Å². The Kier molecular flexibility index (Phi) is 4.25. The highest BCUT2D eigenvalue weighted by molar-refractivity contribution is 5.87. The van der Waals surface area contributed by atoms with Crippen LogP contribution in [0.25, 0.3) is 0 Å². The molecule has 0 aliphatic rings. The Bertz CT molecular complexity index is 608. The molecule has 0 saturated heterocycles. The van der Waals surface area contributed by atoms with Gasteiger partial charge in [0, 0.05) is 25.8 Å². The fraction of sp³-hybridized carbons (Fsp3) is 0.188. The zero-order valence-electron chi connectivity index (χ0n) is 11.5. The van der Waals surface area contributed by atoms with Crippen molar-refractivity contribution in [2.24, 2.45) is 0 Å². The van der Waals surface area contributed by atoms with Crippen molar-refractivity contribution in [3.8, 4) is 5.75 Å². The summed E-state index contributed by atoms with van der Waals surface area (Å²) in [5.74, 6) is -0.168. The molecule has 4 nitrogen and oxygen atoms in total. The number of anilines is 1. The Morgan fingerprint density at radius 3 is 2.60 bits per heavy atom. The minimum absolute atomic E-state index is 0.271. The van der Waals surface area contributed by atoms with Gasteiger partial charge in [0.2, 0.25) is 0 Å². The lowest BCUT2D eigenvalue weighted by Gasteiger charge is -2.14. The Labute approximate surface area is 118 Å². The van der Waals surface area contributed by atoms with Crippen molar-refractivity contribution in [1.82, 2.24) is 0 Å². The minimum atomic E-state index is -0.929. The molecule has 1 N–H and O–H groups in total. The maximum Gasteiger partial charge on any atom is 0.335 e. The molecule has 20 heavy (non-hydrogen) atoms. The SMILES string of the molecule is CN(C)c1cccc(OCc2cccc(C(=O)O)c2)c1. The van der Waals surface area contributed by atoms with Gasteiger partial charge in [0.05, 0.1) is 5.56 Å². The first-order chi connectivity index (χ1) is 9.56. The van der Waals surface area contributed by atoms with Crippen LogP contribution in [0.3, 0.4) is 0 Å². The van der Waals surface area contributed by atoms with Gasteiger partial charge in [-0.1, -0.05) is 18.2 Å². The van der Waals surface area contributed by atoms with Crippen molar-refractivity contribution in [3.63, 3.8) is 0 Å². The summed E-state index contributed by atoms with van der Waals surface area (Å²) >= 11 is 0. The monoisotopic (exact) mass is 271 g/mol. The summed E-state index contributed by atoms with van der Waals surface area (Å²) in [6.07, 6.45) is 0. The van der Waals surface area contributed by atoms with Gasteiger partial charge in [-0.25, -0.2) is 4.79 Å². The largest absolute Gasteiger partial charge is 0.489 e. The van der Waals surface area contributed by atoms with Crippen molar-refractivity contribution in [2.75, 3.05) is 19.0 Å². The molecule has 4 heteroatoms. The Hall–Kier alpha value is -2.49. The van der Waals surface area contributed by atoms with Crippen LogP contribution in [0.1, 0.15) is 15.9 Å². The van der Waals surface area contributed by atoms with Crippen LogP contribution < -0.4 is 9.64 Å². The fourth-order valence-corrected chi connectivity index (χ4v) is 1.81. The van der Waals surface area contributed by atoms with E-state index in [0.29, 0.717) is 6.61 Å². The molecule has 2 aromatic rings. The summed E-state index contributed by atoms with van der Waals surface area (Å²) in [6.45, 7) is 0.345. The molecule has 0 bridgehead atoms. The van der Waals surface area contributed by atoms with Gasteiger partial charge in [-0.3, -0.25) is 0 Å². The van der Waals surface area contributed by atoms with E-state index in [9.17, 15) is 4.79 Å². The molecule has 0 aromatic heterocycles. The molecule has 0 fully saturated rings. The summed E-state index contributed by atoms with van der Waals surface area (Å²) in [5.41, 5.74) is 2.16. The minimum Gasteiger partial charge on any atom is -0.489 e. The van der Waals surface area contributed by atoms with Crippen LogP contribution in [-0.2, 0) is 6.61 Å². The number of ether oxygens (including phenoxy) is 1. The lowest BCUT2D eigenvalue weighted by Crippen LogP contribution is -2.08. The number of carboxylic acids is 1. The highest BCUT2D eigenvalue weighted by Gasteiger charge is 2.04. The van der Waals surface area contributed by atoms with Gasteiger partial charge in [-0.05, 0) is 29.8 Å². The fourth-order valence-electron chi connectivity index (χ4n) is 1.81. The maximum absolute atomic E-state index is 10.9. The van der Waals surface area contributed by atoms with Crippen molar-refractivity contribution in [1.29, 1.82) is 0 Å². The van der Waals surface area contributed by atoms with Gasteiger partial charge in [0.1, 0.15) is 12.4 Å². The predicted octanol–water partition coefficient (Wildman–Crippen LogP) is 3.03. The molecule has 2 rings (SSSR count). The van der Waals surface area contributed by atoms with Crippen LogP contribution in [0.5, 0.6) is 5.75 Å². The maximum atomic E-state index is 10.9. The second kappa shape index (κ2) is 6.10. The average Bonchev–Trinajstić information content (AvgIpc) is 2.45. The van der Waals surface area contributed by atoms with Gasteiger partial charge in [-0.2, -0.15) is 0 Å². The lowest BCUT2D eigenvalue weighted by molar-refractivity contribution is 0.0696. The topological polar surface area (TPSA) is 49.8 Å². The van der Waals surface area contributed by atoms with Gasteiger partial charge in [-0.15, -0.1) is 0 Å². The average molecular weight is 271 g/mol. The predicted molar refractivity (Wildman–Crippen MR) is 78.5 cm³/mol. The number of nitrogens with zero attached hydrogens (tertiary/aromatic N) is 1. The van der Waals surface area contributed by atoms with Crippen LogP contribution in [-0.4, -0.2) is 25.2 Å². The number of carboxylic acid groups (broad SMARTS) is 1. The third-order valence-electron chi connectivity index (χ3n) is 2.91. The van der Waals surface area contributed by atoms with Gasteiger partial charge in [0.25, 0.3) is 0 Å². The first-order valence-corrected chi connectivity index (χ1v) is 6.28. The first kappa shape index (κ1) is 13.9. The van der Waals surface area contributed by atoms with Crippen LogP contribution >= 0.6 is 0 Å². The molecule has 0 heterocycles. The normalized spacial score (nSPS) is 10.1. The molecule has 0 amide bonds. The third-order valence-corrected chi connectivity index (χ3v) is 2.91. The molecular formula is C16H17NO3.